The Hall–Kier alpha value is -1.60. The van der Waals surface area contributed by atoms with Crippen molar-refractivity contribution in [3.05, 3.63) is 70.8 Å². The summed E-state index contributed by atoms with van der Waals surface area (Å²) in [6.45, 7) is 7.00. The van der Waals surface area contributed by atoms with Gasteiger partial charge in [-0.1, -0.05) is 68.8 Å². The molecule has 0 bridgehead atoms. The van der Waals surface area contributed by atoms with Crippen LogP contribution in [0.4, 0.5) is 0 Å². The van der Waals surface area contributed by atoms with Crippen molar-refractivity contribution in [2.24, 2.45) is 0 Å². The standard InChI is InChI=1S/C22H29N/c1-3-18-12-6-8-14-20(18)22(23-16-10-5-11-17-23)21-15-9-7-13-19(21)4-2/h6-9,12-15,22H,3-5,10-11,16-17H2,1-2H3. The lowest BCUT2D eigenvalue weighted by molar-refractivity contribution is 0.186. The minimum atomic E-state index is 0.419. The number of hydrogen-bond acceptors (Lipinski definition) is 1. The van der Waals surface area contributed by atoms with Crippen LogP contribution < -0.4 is 0 Å². The van der Waals surface area contributed by atoms with Crippen molar-refractivity contribution in [1.29, 1.82) is 0 Å². The van der Waals surface area contributed by atoms with Crippen LogP contribution >= 0.6 is 0 Å². The number of piperidine rings is 1. The average Bonchev–Trinajstić information content (AvgIpc) is 2.64. The van der Waals surface area contributed by atoms with Gasteiger partial charge in [0.15, 0.2) is 0 Å². The summed E-state index contributed by atoms with van der Waals surface area (Å²) < 4.78 is 0. The summed E-state index contributed by atoms with van der Waals surface area (Å²) in [5, 5.41) is 0. The van der Waals surface area contributed by atoms with Crippen LogP contribution in [0.1, 0.15) is 61.4 Å². The molecule has 1 nitrogen and oxygen atoms in total. The maximum atomic E-state index is 2.71. The van der Waals surface area contributed by atoms with Crippen LogP contribution in [0.15, 0.2) is 48.5 Å². The fourth-order valence-corrected chi connectivity index (χ4v) is 3.98. The summed E-state index contributed by atoms with van der Waals surface area (Å²) in [4.78, 5) is 2.71. The largest absolute Gasteiger partial charge is 0.292 e. The highest BCUT2D eigenvalue weighted by atomic mass is 15.2. The first-order valence-electron chi connectivity index (χ1n) is 9.24. The molecule has 1 heterocycles. The fraction of sp³-hybridized carbons (Fsp3) is 0.455. The van der Waals surface area contributed by atoms with Crippen LogP contribution in [0.3, 0.4) is 0 Å². The summed E-state index contributed by atoms with van der Waals surface area (Å²) in [5.74, 6) is 0. The van der Waals surface area contributed by atoms with Gasteiger partial charge in [-0.05, 0) is 61.0 Å². The zero-order valence-corrected chi connectivity index (χ0v) is 14.6. The van der Waals surface area contributed by atoms with Crippen molar-refractivity contribution in [1.82, 2.24) is 4.90 Å². The maximum Gasteiger partial charge on any atom is 0.0607 e. The maximum absolute atomic E-state index is 2.71. The van der Waals surface area contributed by atoms with E-state index in [0.29, 0.717) is 6.04 Å². The zero-order valence-electron chi connectivity index (χ0n) is 14.6. The quantitative estimate of drug-likeness (QED) is 0.716. The fourth-order valence-electron chi connectivity index (χ4n) is 3.98. The van der Waals surface area contributed by atoms with Gasteiger partial charge in [-0.25, -0.2) is 0 Å². The Morgan fingerprint density at radius 2 is 1.22 bits per heavy atom. The summed E-state index contributed by atoms with van der Waals surface area (Å²) in [6, 6.07) is 18.5. The van der Waals surface area contributed by atoms with Crippen molar-refractivity contribution in [2.75, 3.05) is 13.1 Å². The van der Waals surface area contributed by atoms with Gasteiger partial charge in [0.1, 0.15) is 0 Å². The SMILES string of the molecule is CCc1ccccc1C(c1ccccc1CC)N1CCCCC1. The van der Waals surface area contributed by atoms with Gasteiger partial charge >= 0.3 is 0 Å². The molecule has 1 fully saturated rings. The topological polar surface area (TPSA) is 3.24 Å². The molecule has 0 aromatic heterocycles. The lowest BCUT2D eigenvalue weighted by atomic mass is 9.88. The van der Waals surface area contributed by atoms with E-state index < -0.39 is 0 Å². The molecule has 1 heteroatoms. The number of aryl methyl sites for hydroxylation is 2. The first kappa shape index (κ1) is 16.3. The first-order chi connectivity index (χ1) is 11.3. The van der Waals surface area contributed by atoms with E-state index in [1.807, 2.05) is 0 Å². The second kappa shape index (κ2) is 7.79. The molecule has 23 heavy (non-hydrogen) atoms. The Balaban J connectivity index is 2.10. The molecule has 0 saturated carbocycles. The first-order valence-corrected chi connectivity index (χ1v) is 9.24. The Morgan fingerprint density at radius 3 is 1.70 bits per heavy atom. The third-order valence-corrected chi connectivity index (χ3v) is 5.22. The molecule has 3 rings (SSSR count). The lowest BCUT2D eigenvalue weighted by Gasteiger charge is -2.37. The minimum absolute atomic E-state index is 0.419. The van der Waals surface area contributed by atoms with Gasteiger partial charge in [-0.3, -0.25) is 4.90 Å². The normalized spacial score (nSPS) is 16.0. The van der Waals surface area contributed by atoms with Crippen LogP contribution in [0, 0.1) is 0 Å². The monoisotopic (exact) mass is 307 g/mol. The van der Waals surface area contributed by atoms with E-state index >= 15 is 0 Å². The zero-order chi connectivity index (χ0) is 16.1. The lowest BCUT2D eigenvalue weighted by Crippen LogP contribution is -2.35. The Kier molecular flexibility index (Phi) is 5.51. The van der Waals surface area contributed by atoms with E-state index in [2.05, 4.69) is 67.3 Å². The highest BCUT2D eigenvalue weighted by molar-refractivity contribution is 5.41. The van der Waals surface area contributed by atoms with Gasteiger partial charge < -0.3 is 0 Å². The van der Waals surface area contributed by atoms with Gasteiger partial charge in [0, 0.05) is 0 Å². The Bertz CT molecular complexity index is 578. The average molecular weight is 307 g/mol. The summed E-state index contributed by atoms with van der Waals surface area (Å²) in [6.07, 6.45) is 6.26. The highest BCUT2D eigenvalue weighted by Crippen LogP contribution is 2.35. The van der Waals surface area contributed by atoms with Crippen molar-refractivity contribution in [3.63, 3.8) is 0 Å². The van der Waals surface area contributed by atoms with Crippen LogP contribution in [-0.4, -0.2) is 18.0 Å². The Morgan fingerprint density at radius 1 is 0.739 bits per heavy atom. The molecule has 0 atom stereocenters. The molecule has 0 N–H and O–H groups in total. The third-order valence-electron chi connectivity index (χ3n) is 5.22. The van der Waals surface area contributed by atoms with Crippen molar-refractivity contribution < 1.29 is 0 Å². The number of likely N-dealkylation sites (tertiary alicyclic amines) is 1. The molecule has 1 aliphatic rings. The predicted molar refractivity (Wildman–Crippen MR) is 98.9 cm³/mol. The van der Waals surface area contributed by atoms with Gasteiger partial charge in [0.05, 0.1) is 6.04 Å². The number of hydrogen-bond donors (Lipinski definition) is 0. The van der Waals surface area contributed by atoms with Gasteiger partial charge in [-0.15, -0.1) is 0 Å². The molecular weight excluding hydrogens is 278 g/mol. The van der Waals surface area contributed by atoms with E-state index in [9.17, 15) is 0 Å². The molecule has 122 valence electrons. The van der Waals surface area contributed by atoms with Gasteiger partial charge in [0.2, 0.25) is 0 Å². The van der Waals surface area contributed by atoms with E-state index in [4.69, 9.17) is 0 Å². The van der Waals surface area contributed by atoms with Crippen LogP contribution in [0.2, 0.25) is 0 Å². The van der Waals surface area contributed by atoms with Crippen LogP contribution in [0.25, 0.3) is 0 Å². The van der Waals surface area contributed by atoms with Crippen molar-refractivity contribution in [2.45, 2.75) is 52.0 Å². The smallest absolute Gasteiger partial charge is 0.0607 e. The van der Waals surface area contributed by atoms with E-state index in [0.717, 1.165) is 12.8 Å². The molecule has 2 aromatic carbocycles. The molecule has 0 amide bonds. The molecule has 0 aliphatic carbocycles. The second-order valence-corrected chi connectivity index (χ2v) is 6.60. The number of rotatable bonds is 5. The molecule has 0 radical (unpaired) electrons. The number of benzene rings is 2. The second-order valence-electron chi connectivity index (χ2n) is 6.60. The van der Waals surface area contributed by atoms with E-state index in [-0.39, 0.29) is 0 Å². The highest BCUT2D eigenvalue weighted by Gasteiger charge is 2.26. The number of nitrogens with zero attached hydrogens (tertiary/aromatic N) is 1. The van der Waals surface area contributed by atoms with E-state index in [1.54, 1.807) is 0 Å². The molecule has 1 aliphatic heterocycles. The molecule has 2 aromatic rings. The molecule has 0 unspecified atom stereocenters. The summed E-state index contributed by atoms with van der Waals surface area (Å²) in [5.41, 5.74) is 6.01. The van der Waals surface area contributed by atoms with Crippen molar-refractivity contribution in [3.8, 4) is 0 Å². The van der Waals surface area contributed by atoms with Gasteiger partial charge in [0.25, 0.3) is 0 Å². The summed E-state index contributed by atoms with van der Waals surface area (Å²) >= 11 is 0. The molecule has 1 saturated heterocycles. The minimum Gasteiger partial charge on any atom is -0.292 e. The van der Waals surface area contributed by atoms with E-state index in [1.165, 1.54) is 54.6 Å². The van der Waals surface area contributed by atoms with Crippen LogP contribution in [-0.2, 0) is 12.8 Å². The molecule has 0 spiro atoms. The summed E-state index contributed by atoms with van der Waals surface area (Å²) in [7, 11) is 0. The van der Waals surface area contributed by atoms with Crippen molar-refractivity contribution >= 4 is 0 Å². The molecular formula is C22H29N. The Labute approximate surface area is 141 Å². The van der Waals surface area contributed by atoms with Crippen LogP contribution in [0.5, 0.6) is 0 Å². The third kappa shape index (κ3) is 3.50. The van der Waals surface area contributed by atoms with Gasteiger partial charge in [-0.2, -0.15) is 0 Å². The predicted octanol–water partition coefficient (Wildman–Crippen LogP) is 5.39.